The molecule has 2 heterocycles. The van der Waals surface area contributed by atoms with Gasteiger partial charge in [-0.05, 0) is 41.5 Å². The highest BCUT2D eigenvalue weighted by molar-refractivity contribution is 5.99. The third kappa shape index (κ3) is 7.01. The lowest BCUT2D eigenvalue weighted by Crippen LogP contribution is -2.52. The van der Waals surface area contributed by atoms with Gasteiger partial charge < -0.3 is 21.5 Å². The second kappa shape index (κ2) is 12.6. The van der Waals surface area contributed by atoms with E-state index in [0.717, 1.165) is 10.9 Å². The highest BCUT2D eigenvalue weighted by atomic mass is 16.4. The largest absolute Gasteiger partial charge is 0.480 e. The number of nitrogens with one attached hydrogen (secondary N) is 2. The van der Waals surface area contributed by atoms with E-state index in [2.05, 4.69) is 31.1 Å². The number of aromatic nitrogens is 5. The minimum Gasteiger partial charge on any atom is -0.480 e. The van der Waals surface area contributed by atoms with Crippen molar-refractivity contribution in [3.8, 4) is 0 Å². The maximum atomic E-state index is 13.4. The van der Waals surface area contributed by atoms with Gasteiger partial charge in [-0.2, -0.15) is 0 Å². The Morgan fingerprint density at radius 3 is 2.40 bits per heavy atom. The van der Waals surface area contributed by atoms with Gasteiger partial charge in [-0.25, -0.2) is 14.5 Å². The molecule has 4 rings (SSSR count). The Morgan fingerprint density at radius 1 is 0.950 bits per heavy atom. The summed E-state index contributed by atoms with van der Waals surface area (Å²) in [6, 6.07) is 16.9. The molecule has 13 heteroatoms. The van der Waals surface area contributed by atoms with E-state index in [4.69, 9.17) is 5.73 Å². The number of amides is 3. The third-order valence-electron chi connectivity index (χ3n) is 6.24. The molecule has 4 aromatic rings. The summed E-state index contributed by atoms with van der Waals surface area (Å²) >= 11 is 0. The first kappa shape index (κ1) is 27.8. The van der Waals surface area contributed by atoms with E-state index in [1.54, 1.807) is 18.2 Å². The van der Waals surface area contributed by atoms with E-state index in [9.17, 15) is 24.3 Å². The standard InChI is InChI=1S/C27H28N8O5/c1-16(27(39)40)35-24(32-33-34-35)14-19(13-17-7-3-2-4-8-17)29-26(38)22(15-23(28)36)31-25(37)21-12-11-18-9-5-6-10-20(18)30-21/h2-12,16,19,22H,13-15H2,1H3,(H2,28,36)(H,29,38)(H,31,37)(H,39,40)/t16-,19-,22-/m0/s1. The molecule has 3 atom stereocenters. The summed E-state index contributed by atoms with van der Waals surface area (Å²) < 4.78 is 1.17. The van der Waals surface area contributed by atoms with E-state index < -0.39 is 48.2 Å². The first-order chi connectivity index (χ1) is 19.2. The molecular weight excluding hydrogens is 516 g/mol. The predicted octanol–water partition coefficient (Wildman–Crippen LogP) is 0.811. The fourth-order valence-corrected chi connectivity index (χ4v) is 4.18. The Balaban J connectivity index is 1.55. The second-order valence-electron chi connectivity index (χ2n) is 9.24. The van der Waals surface area contributed by atoms with Gasteiger partial charge in [0.25, 0.3) is 5.91 Å². The summed E-state index contributed by atoms with van der Waals surface area (Å²) in [5.41, 5.74) is 6.95. The molecule has 40 heavy (non-hydrogen) atoms. The van der Waals surface area contributed by atoms with Gasteiger partial charge in [0.1, 0.15) is 17.8 Å². The number of carboxylic acids is 1. The quantitative estimate of drug-likeness (QED) is 0.199. The number of para-hydroxylation sites is 1. The summed E-state index contributed by atoms with van der Waals surface area (Å²) in [7, 11) is 0. The summed E-state index contributed by atoms with van der Waals surface area (Å²) in [6.45, 7) is 1.44. The van der Waals surface area contributed by atoms with Gasteiger partial charge in [-0.15, -0.1) is 5.10 Å². The number of pyridine rings is 1. The second-order valence-corrected chi connectivity index (χ2v) is 9.24. The zero-order valence-corrected chi connectivity index (χ0v) is 21.6. The van der Waals surface area contributed by atoms with Crippen LogP contribution >= 0.6 is 0 Å². The number of carbonyl (C=O) groups excluding carboxylic acids is 3. The van der Waals surface area contributed by atoms with Crippen LogP contribution in [-0.2, 0) is 27.2 Å². The molecule has 0 saturated heterocycles. The average Bonchev–Trinajstić information content (AvgIpc) is 3.40. The maximum Gasteiger partial charge on any atom is 0.328 e. The molecule has 2 aromatic heterocycles. The van der Waals surface area contributed by atoms with Gasteiger partial charge in [-0.3, -0.25) is 14.4 Å². The van der Waals surface area contributed by atoms with Crippen molar-refractivity contribution >= 4 is 34.6 Å². The van der Waals surface area contributed by atoms with Gasteiger partial charge in [0.05, 0.1) is 11.9 Å². The molecule has 0 aliphatic heterocycles. The van der Waals surface area contributed by atoms with Crippen LogP contribution in [0.4, 0.5) is 0 Å². The Labute approximate surface area is 228 Å². The SMILES string of the molecule is C[C@@H](C(=O)O)n1nnnc1C[C@H](Cc1ccccc1)NC(=O)[C@H](CC(N)=O)NC(=O)c1ccc2ccccc2n1. The molecule has 5 N–H and O–H groups in total. The minimum atomic E-state index is -1.29. The number of aliphatic carboxylic acids is 1. The predicted molar refractivity (Wildman–Crippen MR) is 143 cm³/mol. The zero-order chi connectivity index (χ0) is 28.6. The van der Waals surface area contributed by atoms with Crippen LogP contribution in [0.3, 0.4) is 0 Å². The highest BCUT2D eigenvalue weighted by Crippen LogP contribution is 2.14. The van der Waals surface area contributed by atoms with Crippen LogP contribution < -0.4 is 16.4 Å². The third-order valence-corrected chi connectivity index (χ3v) is 6.24. The number of tetrazole rings is 1. The number of carbonyl (C=O) groups is 4. The van der Waals surface area contributed by atoms with Crippen molar-refractivity contribution in [1.29, 1.82) is 0 Å². The van der Waals surface area contributed by atoms with E-state index in [-0.39, 0.29) is 17.9 Å². The molecule has 206 valence electrons. The number of benzene rings is 2. The molecule has 0 unspecified atom stereocenters. The van der Waals surface area contributed by atoms with Gasteiger partial charge in [0.2, 0.25) is 11.8 Å². The molecule has 2 aromatic carbocycles. The van der Waals surface area contributed by atoms with Crippen molar-refractivity contribution in [2.75, 3.05) is 0 Å². The van der Waals surface area contributed by atoms with Crippen LogP contribution in [0.2, 0.25) is 0 Å². The summed E-state index contributed by atoms with van der Waals surface area (Å²) in [5, 5.41) is 27.0. The number of nitrogens with zero attached hydrogens (tertiary/aromatic N) is 5. The zero-order valence-electron chi connectivity index (χ0n) is 21.6. The normalized spacial score (nSPS) is 13.2. The van der Waals surface area contributed by atoms with E-state index in [0.29, 0.717) is 11.9 Å². The van der Waals surface area contributed by atoms with E-state index >= 15 is 0 Å². The van der Waals surface area contributed by atoms with Gasteiger partial charge in [-0.1, -0.05) is 54.6 Å². The lowest BCUT2D eigenvalue weighted by Gasteiger charge is -2.23. The lowest BCUT2D eigenvalue weighted by molar-refractivity contribution is -0.140. The van der Waals surface area contributed by atoms with Crippen molar-refractivity contribution in [2.45, 2.75) is 44.3 Å². The number of primary amides is 1. The number of carboxylic acid groups (broad SMARTS) is 1. The van der Waals surface area contributed by atoms with Crippen molar-refractivity contribution < 1.29 is 24.3 Å². The summed E-state index contributed by atoms with van der Waals surface area (Å²) in [6.07, 6.45) is -0.0317. The van der Waals surface area contributed by atoms with Crippen LogP contribution in [-0.4, -0.2) is 66.1 Å². The van der Waals surface area contributed by atoms with Crippen LogP contribution in [0.1, 0.15) is 41.3 Å². The van der Waals surface area contributed by atoms with Crippen LogP contribution in [0.15, 0.2) is 66.7 Å². The molecule has 0 spiro atoms. The van der Waals surface area contributed by atoms with Crippen molar-refractivity contribution in [3.63, 3.8) is 0 Å². The molecule has 0 fully saturated rings. The fourth-order valence-electron chi connectivity index (χ4n) is 4.18. The van der Waals surface area contributed by atoms with Gasteiger partial charge in [0.15, 0.2) is 5.82 Å². The van der Waals surface area contributed by atoms with Gasteiger partial charge >= 0.3 is 5.97 Å². The minimum absolute atomic E-state index is 0.0728. The molecule has 13 nitrogen and oxygen atoms in total. The molecule has 0 saturated carbocycles. The van der Waals surface area contributed by atoms with Crippen molar-refractivity contribution in [3.05, 3.63) is 83.8 Å². The summed E-state index contributed by atoms with van der Waals surface area (Å²) in [5.74, 6) is -2.97. The summed E-state index contributed by atoms with van der Waals surface area (Å²) in [4.78, 5) is 54.1. The maximum absolute atomic E-state index is 13.4. The number of rotatable bonds is 12. The van der Waals surface area contributed by atoms with Crippen LogP contribution in [0.25, 0.3) is 10.9 Å². The first-order valence-corrected chi connectivity index (χ1v) is 12.5. The molecule has 0 aliphatic carbocycles. The number of hydrogen-bond acceptors (Lipinski definition) is 8. The number of hydrogen-bond donors (Lipinski definition) is 4. The molecule has 0 bridgehead atoms. The fraction of sp³-hybridized carbons (Fsp3) is 0.259. The first-order valence-electron chi connectivity index (χ1n) is 12.5. The van der Waals surface area contributed by atoms with Crippen LogP contribution in [0.5, 0.6) is 0 Å². The monoisotopic (exact) mass is 544 g/mol. The van der Waals surface area contributed by atoms with Crippen molar-refractivity contribution in [2.24, 2.45) is 5.73 Å². The van der Waals surface area contributed by atoms with Crippen LogP contribution in [0, 0.1) is 0 Å². The lowest BCUT2D eigenvalue weighted by atomic mass is 10.0. The Kier molecular flexibility index (Phi) is 8.74. The molecular formula is C27H28N8O5. The number of nitrogens with two attached hydrogens (primary N) is 1. The average molecular weight is 545 g/mol. The molecule has 3 amide bonds. The van der Waals surface area contributed by atoms with E-state index in [1.165, 1.54) is 17.7 Å². The Hall–Kier alpha value is -5.20. The molecule has 0 radical (unpaired) electrons. The van der Waals surface area contributed by atoms with Gasteiger partial charge in [0, 0.05) is 17.8 Å². The Morgan fingerprint density at radius 2 is 1.68 bits per heavy atom. The van der Waals surface area contributed by atoms with E-state index in [1.807, 2.05) is 42.5 Å². The number of fused-ring (bicyclic) bond motifs is 1. The topological polar surface area (TPSA) is 195 Å². The highest BCUT2D eigenvalue weighted by Gasteiger charge is 2.28. The Bertz CT molecular complexity index is 1520. The smallest absolute Gasteiger partial charge is 0.328 e. The van der Waals surface area contributed by atoms with Crippen molar-refractivity contribution in [1.82, 2.24) is 35.8 Å². The molecule has 0 aliphatic rings.